The molecular weight excluding hydrogens is 430 g/mol. The number of nitrogens with zero attached hydrogens (tertiary/aromatic N) is 4. The number of hydrogen-bond acceptors (Lipinski definition) is 4. The fourth-order valence-corrected chi connectivity index (χ4v) is 5.17. The first-order chi connectivity index (χ1) is 16.8. The molecule has 35 heavy (non-hydrogen) atoms. The molecule has 176 valence electrons. The zero-order chi connectivity index (χ0) is 24.7. The molecule has 5 rings (SSSR count). The molecule has 0 saturated carbocycles. The molecule has 5 heteroatoms. The summed E-state index contributed by atoms with van der Waals surface area (Å²) >= 11 is 0. The summed E-state index contributed by atoms with van der Waals surface area (Å²) in [5, 5.41) is 15.3. The summed E-state index contributed by atoms with van der Waals surface area (Å²) in [6.07, 6.45) is 4.77. The SMILES string of the molecule is C=C(NCC(=C)N1CC(C)(C)CC1C#N)c1ccnc2ccc(-c3ccc4c(ccn4C)c3)cc12. The largest absolute Gasteiger partial charge is 0.379 e. The lowest BCUT2D eigenvalue weighted by Gasteiger charge is -2.26. The fraction of sp³-hybridized carbons (Fsp3) is 0.267. The molecule has 0 bridgehead atoms. The van der Waals surface area contributed by atoms with E-state index < -0.39 is 0 Å². The van der Waals surface area contributed by atoms with Crippen molar-refractivity contribution in [1.29, 1.82) is 5.26 Å². The summed E-state index contributed by atoms with van der Waals surface area (Å²) in [5.74, 6) is 0. The number of rotatable bonds is 6. The van der Waals surface area contributed by atoms with Gasteiger partial charge in [-0.1, -0.05) is 39.1 Å². The second-order valence-corrected chi connectivity index (χ2v) is 10.3. The van der Waals surface area contributed by atoms with Crippen LogP contribution in [0.3, 0.4) is 0 Å². The Labute approximate surface area is 207 Å². The number of aromatic nitrogens is 2. The van der Waals surface area contributed by atoms with E-state index in [1.54, 1.807) is 0 Å². The number of nitrogens with one attached hydrogen (secondary N) is 1. The molecule has 1 aliphatic rings. The summed E-state index contributed by atoms with van der Waals surface area (Å²) in [6.45, 7) is 14.4. The Kier molecular flexibility index (Phi) is 5.61. The molecule has 0 spiro atoms. The van der Waals surface area contributed by atoms with Crippen LogP contribution in [0.5, 0.6) is 0 Å². The van der Waals surface area contributed by atoms with Gasteiger partial charge in [0.15, 0.2) is 0 Å². The Balaban J connectivity index is 1.39. The summed E-state index contributed by atoms with van der Waals surface area (Å²) in [4.78, 5) is 6.70. The maximum atomic E-state index is 9.59. The second-order valence-electron chi connectivity index (χ2n) is 10.3. The van der Waals surface area contributed by atoms with Crippen LogP contribution in [0, 0.1) is 16.7 Å². The minimum absolute atomic E-state index is 0.112. The molecule has 3 heterocycles. The van der Waals surface area contributed by atoms with Crippen molar-refractivity contribution in [3.05, 3.63) is 85.3 Å². The van der Waals surface area contributed by atoms with E-state index in [4.69, 9.17) is 0 Å². The first kappa shape index (κ1) is 22.7. The van der Waals surface area contributed by atoms with Crippen molar-refractivity contribution in [2.24, 2.45) is 12.5 Å². The quantitative estimate of drug-likeness (QED) is 0.377. The maximum absolute atomic E-state index is 9.59. The molecule has 1 fully saturated rings. The van der Waals surface area contributed by atoms with Gasteiger partial charge in [0.1, 0.15) is 6.04 Å². The predicted octanol–water partition coefficient (Wildman–Crippen LogP) is 6.09. The number of likely N-dealkylation sites (tertiary alicyclic amines) is 1. The molecule has 1 atom stereocenters. The van der Waals surface area contributed by atoms with E-state index in [2.05, 4.69) is 109 Å². The van der Waals surface area contributed by atoms with Gasteiger partial charge in [0.25, 0.3) is 0 Å². The van der Waals surface area contributed by atoms with Crippen LogP contribution in [0.15, 0.2) is 79.8 Å². The van der Waals surface area contributed by atoms with Crippen molar-refractivity contribution in [2.75, 3.05) is 13.1 Å². The molecule has 4 aromatic rings. The van der Waals surface area contributed by atoms with Gasteiger partial charge in [0, 0.05) is 59.2 Å². The highest BCUT2D eigenvalue weighted by molar-refractivity contribution is 5.94. The van der Waals surface area contributed by atoms with E-state index >= 15 is 0 Å². The third-order valence-electron chi connectivity index (χ3n) is 7.07. The number of hydrogen-bond donors (Lipinski definition) is 1. The van der Waals surface area contributed by atoms with Crippen LogP contribution >= 0.6 is 0 Å². The highest BCUT2D eigenvalue weighted by Crippen LogP contribution is 2.36. The molecular formula is C30H31N5. The van der Waals surface area contributed by atoms with Gasteiger partial charge in [-0.3, -0.25) is 4.98 Å². The lowest BCUT2D eigenvalue weighted by molar-refractivity contribution is 0.325. The molecule has 2 aromatic heterocycles. The van der Waals surface area contributed by atoms with Gasteiger partial charge in [0.05, 0.1) is 18.1 Å². The fourth-order valence-electron chi connectivity index (χ4n) is 5.17. The van der Waals surface area contributed by atoms with E-state index in [1.165, 1.54) is 16.5 Å². The van der Waals surface area contributed by atoms with E-state index in [-0.39, 0.29) is 11.5 Å². The molecule has 1 N–H and O–H groups in total. The molecule has 0 radical (unpaired) electrons. The molecule has 2 aromatic carbocycles. The first-order valence-corrected chi connectivity index (χ1v) is 12.0. The lowest BCUT2D eigenvalue weighted by Crippen LogP contribution is -2.32. The van der Waals surface area contributed by atoms with Gasteiger partial charge < -0.3 is 14.8 Å². The Hall–Kier alpha value is -4.04. The normalized spacial score (nSPS) is 17.0. The van der Waals surface area contributed by atoms with Gasteiger partial charge >= 0.3 is 0 Å². The highest BCUT2D eigenvalue weighted by Gasteiger charge is 2.37. The molecule has 1 aliphatic heterocycles. The summed E-state index contributed by atoms with van der Waals surface area (Å²) < 4.78 is 2.13. The zero-order valence-corrected chi connectivity index (χ0v) is 20.7. The summed E-state index contributed by atoms with van der Waals surface area (Å²) in [5.41, 5.74) is 7.33. The van der Waals surface area contributed by atoms with Crippen LogP contribution in [0.2, 0.25) is 0 Å². The second kappa shape index (κ2) is 8.63. The molecule has 1 saturated heterocycles. The molecule has 0 aliphatic carbocycles. The van der Waals surface area contributed by atoms with E-state index in [0.29, 0.717) is 6.54 Å². The third kappa shape index (κ3) is 4.28. The Morgan fingerprint density at radius 2 is 1.91 bits per heavy atom. The van der Waals surface area contributed by atoms with Crippen molar-refractivity contribution < 1.29 is 0 Å². The monoisotopic (exact) mass is 461 g/mol. The van der Waals surface area contributed by atoms with Crippen molar-refractivity contribution in [3.63, 3.8) is 0 Å². The van der Waals surface area contributed by atoms with Gasteiger partial charge in [-0.2, -0.15) is 5.26 Å². The van der Waals surface area contributed by atoms with Crippen LogP contribution in [0.1, 0.15) is 25.8 Å². The number of benzene rings is 2. The van der Waals surface area contributed by atoms with E-state index in [9.17, 15) is 5.26 Å². The lowest BCUT2D eigenvalue weighted by atomic mass is 9.91. The Morgan fingerprint density at radius 1 is 1.14 bits per heavy atom. The van der Waals surface area contributed by atoms with Crippen LogP contribution in [0.4, 0.5) is 0 Å². The van der Waals surface area contributed by atoms with E-state index in [1.807, 2.05) is 12.3 Å². The predicted molar refractivity (Wildman–Crippen MR) is 144 cm³/mol. The molecule has 5 nitrogen and oxygen atoms in total. The molecule has 1 unspecified atom stereocenters. The van der Waals surface area contributed by atoms with Gasteiger partial charge in [-0.15, -0.1) is 0 Å². The average molecular weight is 462 g/mol. The van der Waals surface area contributed by atoms with Crippen molar-refractivity contribution in [1.82, 2.24) is 19.8 Å². The van der Waals surface area contributed by atoms with Crippen molar-refractivity contribution in [3.8, 4) is 17.2 Å². The number of aryl methyl sites for hydroxylation is 1. The topological polar surface area (TPSA) is 56.9 Å². The molecule has 0 amide bonds. The number of pyridine rings is 1. The van der Waals surface area contributed by atoms with Gasteiger partial charge in [-0.25, -0.2) is 0 Å². The standard InChI is InChI=1S/C30H31N5/c1-20(35-19-30(3,4)16-25(35)17-31)18-33-21(2)26-10-12-32-28-8-6-23(15-27(26)28)22-7-9-29-24(14-22)11-13-34(29)5/h6-15,25,33H,1-2,16,18-19H2,3-5H3. The summed E-state index contributed by atoms with van der Waals surface area (Å²) in [6, 6.07) is 19.4. The van der Waals surface area contributed by atoms with Gasteiger partial charge in [0.2, 0.25) is 0 Å². The zero-order valence-electron chi connectivity index (χ0n) is 20.7. The maximum Gasteiger partial charge on any atom is 0.117 e. The minimum atomic E-state index is -0.126. The average Bonchev–Trinajstić information content (AvgIpc) is 3.39. The van der Waals surface area contributed by atoms with Crippen molar-refractivity contribution in [2.45, 2.75) is 26.3 Å². The third-order valence-corrected chi connectivity index (χ3v) is 7.07. The highest BCUT2D eigenvalue weighted by atomic mass is 15.2. The van der Waals surface area contributed by atoms with Crippen LogP contribution in [-0.4, -0.2) is 33.6 Å². The van der Waals surface area contributed by atoms with Crippen LogP contribution in [-0.2, 0) is 7.05 Å². The van der Waals surface area contributed by atoms with Crippen LogP contribution < -0.4 is 5.32 Å². The Bertz CT molecular complexity index is 1500. The smallest absolute Gasteiger partial charge is 0.117 e. The van der Waals surface area contributed by atoms with Gasteiger partial charge in [-0.05, 0) is 59.4 Å². The van der Waals surface area contributed by atoms with E-state index in [0.717, 1.165) is 46.4 Å². The summed E-state index contributed by atoms with van der Waals surface area (Å²) in [7, 11) is 2.06. The van der Waals surface area contributed by atoms with Crippen molar-refractivity contribution >= 4 is 27.5 Å². The first-order valence-electron chi connectivity index (χ1n) is 12.0. The Morgan fingerprint density at radius 3 is 2.71 bits per heavy atom. The van der Waals surface area contributed by atoms with Crippen LogP contribution in [0.25, 0.3) is 38.6 Å². The minimum Gasteiger partial charge on any atom is -0.379 e. The number of fused-ring (bicyclic) bond motifs is 2. The number of nitriles is 1.